The van der Waals surface area contributed by atoms with Gasteiger partial charge in [0.05, 0.1) is 32.8 Å². The molecule has 2 saturated heterocycles. The first-order valence-corrected chi connectivity index (χ1v) is 11.4. The Morgan fingerprint density at radius 1 is 1.15 bits per heavy atom. The standard InChI is InChI=1S/C23H32N4O6/c1-2-3-12-33-21(29)15-19-22(30)24-8-9-27(19)20(28)16-25-18-6-4-17(5-7-18)23(31)26-10-13-32-14-11-26/h4-7,19,25H,2-3,8-16H2,1H3,(H,24,30). The monoisotopic (exact) mass is 460 g/mol. The lowest BCUT2D eigenvalue weighted by molar-refractivity contribution is -0.151. The minimum Gasteiger partial charge on any atom is -0.466 e. The van der Waals surface area contributed by atoms with Crippen molar-refractivity contribution < 1.29 is 28.7 Å². The highest BCUT2D eigenvalue weighted by Gasteiger charge is 2.35. The van der Waals surface area contributed by atoms with E-state index in [1.54, 1.807) is 29.2 Å². The van der Waals surface area contributed by atoms with Crippen LogP contribution in [0.2, 0.25) is 0 Å². The van der Waals surface area contributed by atoms with Gasteiger partial charge in [-0.15, -0.1) is 0 Å². The molecule has 2 N–H and O–H groups in total. The minimum absolute atomic E-state index is 0.0363. The van der Waals surface area contributed by atoms with Crippen molar-refractivity contribution >= 4 is 29.4 Å². The molecule has 2 aliphatic heterocycles. The van der Waals surface area contributed by atoms with E-state index in [0.717, 1.165) is 12.8 Å². The van der Waals surface area contributed by atoms with Gasteiger partial charge in [-0.05, 0) is 30.7 Å². The molecule has 2 fully saturated rings. The zero-order valence-corrected chi connectivity index (χ0v) is 19.0. The van der Waals surface area contributed by atoms with Gasteiger partial charge in [0.2, 0.25) is 11.8 Å². The van der Waals surface area contributed by atoms with E-state index in [4.69, 9.17) is 9.47 Å². The number of unbranched alkanes of at least 4 members (excludes halogenated alkanes) is 1. The Morgan fingerprint density at radius 2 is 1.88 bits per heavy atom. The van der Waals surface area contributed by atoms with Crippen LogP contribution in [-0.2, 0) is 23.9 Å². The van der Waals surface area contributed by atoms with Gasteiger partial charge in [-0.3, -0.25) is 19.2 Å². The van der Waals surface area contributed by atoms with Gasteiger partial charge in [0.25, 0.3) is 5.91 Å². The number of benzene rings is 1. The van der Waals surface area contributed by atoms with Crippen molar-refractivity contribution in [3.63, 3.8) is 0 Å². The number of esters is 1. The van der Waals surface area contributed by atoms with Crippen LogP contribution in [0.3, 0.4) is 0 Å². The Labute approximate surface area is 193 Å². The maximum Gasteiger partial charge on any atom is 0.308 e. The van der Waals surface area contributed by atoms with E-state index < -0.39 is 12.0 Å². The highest BCUT2D eigenvalue weighted by atomic mass is 16.5. The molecule has 0 saturated carbocycles. The first-order chi connectivity index (χ1) is 16.0. The van der Waals surface area contributed by atoms with E-state index in [-0.39, 0.29) is 30.7 Å². The van der Waals surface area contributed by atoms with Gasteiger partial charge in [0.15, 0.2) is 0 Å². The first-order valence-electron chi connectivity index (χ1n) is 11.4. The molecule has 0 radical (unpaired) electrons. The van der Waals surface area contributed by atoms with Gasteiger partial charge in [-0.2, -0.15) is 0 Å². The van der Waals surface area contributed by atoms with Crippen LogP contribution >= 0.6 is 0 Å². The van der Waals surface area contributed by atoms with E-state index in [1.807, 2.05) is 6.92 Å². The molecular weight excluding hydrogens is 428 g/mol. The lowest BCUT2D eigenvalue weighted by Gasteiger charge is -2.34. The van der Waals surface area contributed by atoms with Crippen LogP contribution < -0.4 is 10.6 Å². The predicted octanol–water partition coefficient (Wildman–Crippen LogP) is 0.631. The summed E-state index contributed by atoms with van der Waals surface area (Å²) >= 11 is 0. The Morgan fingerprint density at radius 3 is 2.58 bits per heavy atom. The molecule has 33 heavy (non-hydrogen) atoms. The molecule has 0 spiro atoms. The summed E-state index contributed by atoms with van der Waals surface area (Å²) in [5.41, 5.74) is 1.25. The molecule has 2 heterocycles. The van der Waals surface area contributed by atoms with Crippen molar-refractivity contribution in [2.24, 2.45) is 0 Å². The average molecular weight is 461 g/mol. The number of hydrogen-bond acceptors (Lipinski definition) is 7. The molecule has 1 atom stereocenters. The summed E-state index contributed by atoms with van der Waals surface area (Å²) in [6.45, 7) is 5.16. The molecule has 0 bridgehead atoms. The van der Waals surface area contributed by atoms with Gasteiger partial charge in [0, 0.05) is 37.4 Å². The number of nitrogens with zero attached hydrogens (tertiary/aromatic N) is 2. The molecular formula is C23H32N4O6. The highest BCUT2D eigenvalue weighted by molar-refractivity contribution is 5.95. The fraction of sp³-hybridized carbons (Fsp3) is 0.565. The summed E-state index contributed by atoms with van der Waals surface area (Å²) < 4.78 is 10.4. The number of amides is 3. The topological polar surface area (TPSA) is 117 Å². The van der Waals surface area contributed by atoms with E-state index in [2.05, 4.69) is 10.6 Å². The normalized spacial score (nSPS) is 18.5. The molecule has 180 valence electrons. The Balaban J connectivity index is 1.53. The molecule has 1 aromatic rings. The van der Waals surface area contributed by atoms with Crippen LogP contribution in [0.4, 0.5) is 5.69 Å². The van der Waals surface area contributed by atoms with Crippen molar-refractivity contribution in [3.8, 4) is 0 Å². The molecule has 10 heteroatoms. The minimum atomic E-state index is -0.879. The fourth-order valence-electron chi connectivity index (χ4n) is 3.72. The summed E-state index contributed by atoms with van der Waals surface area (Å²) in [4.78, 5) is 52.9. The number of carbonyl (C=O) groups excluding carboxylic acids is 4. The SMILES string of the molecule is CCCCOC(=O)CC1C(=O)NCCN1C(=O)CNc1ccc(C(=O)N2CCOCC2)cc1. The summed E-state index contributed by atoms with van der Waals surface area (Å²) in [5.74, 6) is -1.18. The van der Waals surface area contributed by atoms with Gasteiger partial charge >= 0.3 is 5.97 Å². The first kappa shape index (κ1) is 24.5. The van der Waals surface area contributed by atoms with Crippen LogP contribution in [0, 0.1) is 0 Å². The summed E-state index contributed by atoms with van der Waals surface area (Å²) in [5, 5.41) is 5.74. The molecule has 2 aliphatic rings. The molecule has 1 unspecified atom stereocenters. The second kappa shape index (κ2) is 12.2. The number of morpholine rings is 1. The maximum absolute atomic E-state index is 12.8. The second-order valence-electron chi connectivity index (χ2n) is 8.01. The van der Waals surface area contributed by atoms with Crippen molar-refractivity contribution in [1.29, 1.82) is 0 Å². The van der Waals surface area contributed by atoms with Crippen LogP contribution in [0.5, 0.6) is 0 Å². The third kappa shape index (κ3) is 6.92. The number of hydrogen-bond donors (Lipinski definition) is 2. The molecule has 0 aliphatic carbocycles. The largest absolute Gasteiger partial charge is 0.466 e. The summed E-state index contributed by atoms with van der Waals surface area (Å²) in [6, 6.07) is 6.04. The van der Waals surface area contributed by atoms with E-state index in [1.165, 1.54) is 4.90 Å². The predicted molar refractivity (Wildman–Crippen MR) is 121 cm³/mol. The third-order valence-corrected chi connectivity index (χ3v) is 5.65. The average Bonchev–Trinajstić information content (AvgIpc) is 2.84. The fourth-order valence-corrected chi connectivity index (χ4v) is 3.72. The van der Waals surface area contributed by atoms with Crippen molar-refractivity contribution in [1.82, 2.24) is 15.1 Å². The zero-order chi connectivity index (χ0) is 23.6. The van der Waals surface area contributed by atoms with Crippen molar-refractivity contribution in [2.45, 2.75) is 32.2 Å². The zero-order valence-electron chi connectivity index (χ0n) is 19.0. The lowest BCUT2D eigenvalue weighted by atomic mass is 10.1. The summed E-state index contributed by atoms with van der Waals surface area (Å²) in [6.07, 6.45) is 1.49. The molecule has 10 nitrogen and oxygen atoms in total. The highest BCUT2D eigenvalue weighted by Crippen LogP contribution is 2.14. The molecule has 3 rings (SSSR count). The lowest BCUT2D eigenvalue weighted by Crippen LogP contribution is -2.58. The van der Waals surface area contributed by atoms with Gasteiger partial charge in [-0.1, -0.05) is 13.3 Å². The van der Waals surface area contributed by atoms with Crippen molar-refractivity contribution in [3.05, 3.63) is 29.8 Å². The molecule has 0 aromatic heterocycles. The third-order valence-electron chi connectivity index (χ3n) is 5.65. The number of piperazine rings is 1. The van der Waals surface area contributed by atoms with Crippen molar-refractivity contribution in [2.75, 3.05) is 57.9 Å². The van der Waals surface area contributed by atoms with Crippen LogP contribution in [0.15, 0.2) is 24.3 Å². The van der Waals surface area contributed by atoms with E-state index in [9.17, 15) is 19.2 Å². The Kier molecular flexibility index (Phi) is 9.05. The molecule has 1 aromatic carbocycles. The van der Waals surface area contributed by atoms with E-state index in [0.29, 0.717) is 57.3 Å². The molecule has 3 amide bonds. The van der Waals surface area contributed by atoms with E-state index >= 15 is 0 Å². The summed E-state index contributed by atoms with van der Waals surface area (Å²) in [7, 11) is 0. The number of nitrogens with one attached hydrogen (secondary N) is 2. The number of rotatable bonds is 9. The van der Waals surface area contributed by atoms with Gasteiger partial charge in [-0.25, -0.2) is 0 Å². The second-order valence-corrected chi connectivity index (χ2v) is 8.01. The van der Waals surface area contributed by atoms with Gasteiger partial charge in [0.1, 0.15) is 6.04 Å². The van der Waals surface area contributed by atoms with Gasteiger partial charge < -0.3 is 29.9 Å². The maximum atomic E-state index is 12.8. The Hall–Kier alpha value is -3.14. The van der Waals surface area contributed by atoms with Crippen LogP contribution in [0.1, 0.15) is 36.5 Å². The van der Waals surface area contributed by atoms with Crippen LogP contribution in [0.25, 0.3) is 0 Å². The quantitative estimate of drug-likeness (QED) is 0.410. The smallest absolute Gasteiger partial charge is 0.308 e. The Bertz CT molecular complexity index is 838. The number of anilines is 1. The number of ether oxygens (including phenoxy) is 2. The number of carbonyl (C=O) groups is 4. The van der Waals surface area contributed by atoms with Crippen LogP contribution in [-0.4, -0.2) is 92.1 Å².